The molecule has 0 aliphatic rings. The lowest BCUT2D eigenvalue weighted by Crippen LogP contribution is -2.34. The fraction of sp³-hybridized carbons (Fsp3) is 0.188. The van der Waals surface area contributed by atoms with Crippen LogP contribution >= 0.6 is 22.9 Å². The van der Waals surface area contributed by atoms with Crippen molar-refractivity contribution in [3.63, 3.8) is 0 Å². The highest BCUT2D eigenvalue weighted by Gasteiger charge is 2.14. The van der Waals surface area contributed by atoms with Gasteiger partial charge in [-0.05, 0) is 23.6 Å². The monoisotopic (exact) mass is 321 g/mol. The van der Waals surface area contributed by atoms with Crippen molar-refractivity contribution in [2.24, 2.45) is 0 Å². The Labute approximate surface area is 133 Å². The van der Waals surface area contributed by atoms with Crippen LogP contribution in [-0.4, -0.2) is 24.0 Å². The smallest absolute Gasteiger partial charge is 0.261 e. The van der Waals surface area contributed by atoms with E-state index in [0.717, 1.165) is 4.88 Å². The molecule has 1 heterocycles. The lowest BCUT2D eigenvalue weighted by Gasteiger charge is -2.20. The number of ether oxygens (including phenoxy) is 1. The third kappa shape index (κ3) is 4.62. The van der Waals surface area contributed by atoms with Crippen LogP contribution in [0.5, 0.6) is 5.75 Å². The number of hydrogen-bond donors (Lipinski definition) is 0. The molecule has 0 aliphatic heterocycles. The highest BCUT2D eigenvalue weighted by molar-refractivity contribution is 7.09. The summed E-state index contributed by atoms with van der Waals surface area (Å²) in [5, 5.41) is 2.49. The molecule has 0 radical (unpaired) electrons. The fourth-order valence-electron chi connectivity index (χ4n) is 1.79. The van der Waals surface area contributed by atoms with Crippen molar-refractivity contribution in [2.75, 3.05) is 13.2 Å². The van der Waals surface area contributed by atoms with Crippen molar-refractivity contribution in [1.29, 1.82) is 0 Å². The maximum atomic E-state index is 12.3. The van der Waals surface area contributed by atoms with Crippen LogP contribution in [-0.2, 0) is 11.3 Å². The molecule has 3 nitrogen and oxygen atoms in total. The molecule has 0 bridgehead atoms. The van der Waals surface area contributed by atoms with E-state index in [1.54, 1.807) is 34.4 Å². The minimum absolute atomic E-state index is 0.0387. The Balaban J connectivity index is 1.95. The van der Waals surface area contributed by atoms with Gasteiger partial charge in [0, 0.05) is 11.4 Å². The zero-order valence-electron chi connectivity index (χ0n) is 11.5. The number of amides is 1. The number of carbonyl (C=O) groups is 1. The lowest BCUT2D eigenvalue weighted by molar-refractivity contribution is -0.133. The summed E-state index contributed by atoms with van der Waals surface area (Å²) in [6.45, 7) is 4.71. The van der Waals surface area contributed by atoms with Crippen molar-refractivity contribution in [1.82, 2.24) is 4.90 Å². The van der Waals surface area contributed by atoms with Gasteiger partial charge >= 0.3 is 0 Å². The molecule has 1 amide bonds. The van der Waals surface area contributed by atoms with Gasteiger partial charge < -0.3 is 9.64 Å². The van der Waals surface area contributed by atoms with E-state index in [4.69, 9.17) is 16.3 Å². The van der Waals surface area contributed by atoms with E-state index in [9.17, 15) is 4.79 Å². The predicted molar refractivity (Wildman–Crippen MR) is 86.9 cm³/mol. The van der Waals surface area contributed by atoms with Crippen LogP contribution in [0.1, 0.15) is 4.88 Å². The molecule has 2 aromatic rings. The molecule has 2 rings (SSSR count). The van der Waals surface area contributed by atoms with Crippen molar-refractivity contribution in [2.45, 2.75) is 6.54 Å². The van der Waals surface area contributed by atoms with E-state index in [1.807, 2.05) is 29.6 Å². The van der Waals surface area contributed by atoms with Gasteiger partial charge in [0.05, 0.1) is 11.6 Å². The maximum absolute atomic E-state index is 12.3. The highest BCUT2D eigenvalue weighted by Crippen LogP contribution is 2.23. The number of para-hydroxylation sites is 1. The largest absolute Gasteiger partial charge is 0.482 e. The second kappa shape index (κ2) is 7.86. The first kappa shape index (κ1) is 15.6. The number of rotatable bonds is 7. The van der Waals surface area contributed by atoms with Gasteiger partial charge in [-0.1, -0.05) is 35.9 Å². The highest BCUT2D eigenvalue weighted by atomic mass is 35.5. The van der Waals surface area contributed by atoms with E-state index < -0.39 is 0 Å². The van der Waals surface area contributed by atoms with Crippen molar-refractivity contribution < 1.29 is 9.53 Å². The van der Waals surface area contributed by atoms with E-state index in [0.29, 0.717) is 23.9 Å². The molecule has 0 aliphatic carbocycles. The fourth-order valence-corrected chi connectivity index (χ4v) is 2.70. The Morgan fingerprint density at radius 3 is 2.81 bits per heavy atom. The van der Waals surface area contributed by atoms with Crippen LogP contribution in [0.25, 0.3) is 0 Å². The molecular weight excluding hydrogens is 306 g/mol. The molecule has 0 N–H and O–H groups in total. The molecule has 0 saturated carbocycles. The molecule has 1 aromatic heterocycles. The molecule has 0 unspecified atom stereocenters. The number of halogens is 1. The first-order valence-electron chi connectivity index (χ1n) is 6.49. The SMILES string of the molecule is C=CCN(Cc1cccs1)C(=O)COc1ccccc1Cl. The number of carbonyl (C=O) groups excluding carboxylic acids is 1. The topological polar surface area (TPSA) is 29.5 Å². The molecule has 0 spiro atoms. The van der Waals surface area contributed by atoms with E-state index >= 15 is 0 Å². The standard InChI is InChI=1S/C16H16ClNO2S/c1-2-9-18(11-13-6-5-10-21-13)16(19)12-20-15-8-4-3-7-14(15)17/h2-8,10H,1,9,11-12H2. The first-order valence-corrected chi connectivity index (χ1v) is 7.75. The Kier molecular flexibility index (Phi) is 5.84. The minimum Gasteiger partial charge on any atom is -0.482 e. The Morgan fingerprint density at radius 2 is 2.14 bits per heavy atom. The zero-order chi connectivity index (χ0) is 15.1. The second-order valence-corrected chi connectivity index (χ2v) is 5.80. The average molecular weight is 322 g/mol. The van der Waals surface area contributed by atoms with Crippen molar-refractivity contribution in [3.8, 4) is 5.75 Å². The summed E-state index contributed by atoms with van der Waals surface area (Å²) in [5.74, 6) is 0.422. The van der Waals surface area contributed by atoms with Crippen molar-refractivity contribution in [3.05, 3.63) is 64.3 Å². The lowest BCUT2D eigenvalue weighted by atomic mass is 10.3. The predicted octanol–water partition coefficient (Wildman–Crippen LogP) is 4.00. The summed E-state index contributed by atoms with van der Waals surface area (Å²) in [6, 6.07) is 11.1. The second-order valence-electron chi connectivity index (χ2n) is 4.36. The minimum atomic E-state index is -0.0942. The normalized spacial score (nSPS) is 10.1. The summed E-state index contributed by atoms with van der Waals surface area (Å²) >= 11 is 7.62. The van der Waals surface area contributed by atoms with E-state index in [2.05, 4.69) is 6.58 Å². The summed E-state index contributed by atoms with van der Waals surface area (Å²) in [7, 11) is 0. The molecular formula is C16H16ClNO2S. The Morgan fingerprint density at radius 1 is 1.33 bits per heavy atom. The summed E-state index contributed by atoms with van der Waals surface area (Å²) < 4.78 is 5.49. The van der Waals surface area contributed by atoms with Gasteiger partial charge in [0.15, 0.2) is 6.61 Å². The maximum Gasteiger partial charge on any atom is 0.261 e. The van der Waals surface area contributed by atoms with Crippen LogP contribution < -0.4 is 4.74 Å². The molecule has 1 aromatic carbocycles. The van der Waals surface area contributed by atoms with Gasteiger partial charge in [-0.3, -0.25) is 4.79 Å². The van der Waals surface area contributed by atoms with E-state index in [-0.39, 0.29) is 12.5 Å². The van der Waals surface area contributed by atoms with Crippen LogP contribution in [0.15, 0.2) is 54.4 Å². The number of hydrogen-bond acceptors (Lipinski definition) is 3. The molecule has 21 heavy (non-hydrogen) atoms. The molecule has 0 fully saturated rings. The summed E-state index contributed by atoms with van der Waals surface area (Å²) in [6.07, 6.45) is 1.71. The third-order valence-corrected chi connectivity index (χ3v) is 3.99. The van der Waals surface area contributed by atoms with Gasteiger partial charge in [0.25, 0.3) is 5.91 Å². The Hall–Kier alpha value is -1.78. The molecule has 5 heteroatoms. The van der Waals surface area contributed by atoms with Gasteiger partial charge in [-0.2, -0.15) is 0 Å². The zero-order valence-corrected chi connectivity index (χ0v) is 13.1. The van der Waals surface area contributed by atoms with Crippen LogP contribution in [0.2, 0.25) is 5.02 Å². The Bertz CT molecular complexity index is 598. The molecule has 0 atom stereocenters. The first-order chi connectivity index (χ1) is 10.2. The van der Waals surface area contributed by atoms with Gasteiger partial charge in [0.1, 0.15) is 5.75 Å². The third-order valence-electron chi connectivity index (χ3n) is 2.82. The van der Waals surface area contributed by atoms with Gasteiger partial charge in [-0.15, -0.1) is 17.9 Å². The number of benzene rings is 1. The molecule has 0 saturated heterocycles. The van der Waals surface area contributed by atoms with Gasteiger partial charge in [0.2, 0.25) is 0 Å². The van der Waals surface area contributed by atoms with Crippen molar-refractivity contribution >= 4 is 28.8 Å². The number of nitrogens with zero attached hydrogens (tertiary/aromatic N) is 1. The van der Waals surface area contributed by atoms with Crippen LogP contribution in [0.3, 0.4) is 0 Å². The van der Waals surface area contributed by atoms with Crippen LogP contribution in [0, 0.1) is 0 Å². The average Bonchev–Trinajstić information content (AvgIpc) is 2.99. The van der Waals surface area contributed by atoms with E-state index in [1.165, 1.54) is 0 Å². The number of thiophene rings is 1. The summed E-state index contributed by atoms with van der Waals surface area (Å²) in [4.78, 5) is 15.1. The van der Waals surface area contributed by atoms with Crippen LogP contribution in [0.4, 0.5) is 0 Å². The summed E-state index contributed by atoms with van der Waals surface area (Å²) in [5.41, 5.74) is 0. The quantitative estimate of drug-likeness (QED) is 0.721. The van der Waals surface area contributed by atoms with Gasteiger partial charge in [-0.25, -0.2) is 0 Å². The molecule has 110 valence electrons.